The SMILES string of the molecule is CCOC(=O)C1(C(=O)OCC)C(c2ccco2)CC(=O)N1c1ccccc1Br. The molecule has 1 aliphatic rings. The number of para-hydroxylation sites is 1. The van der Waals surface area contributed by atoms with E-state index in [2.05, 4.69) is 15.9 Å². The highest BCUT2D eigenvalue weighted by Gasteiger charge is 2.67. The molecule has 2 aromatic rings. The van der Waals surface area contributed by atoms with Crippen LogP contribution in [0.3, 0.4) is 0 Å². The molecule has 1 amide bonds. The van der Waals surface area contributed by atoms with Crippen LogP contribution in [0.4, 0.5) is 5.69 Å². The van der Waals surface area contributed by atoms with E-state index >= 15 is 0 Å². The molecule has 1 aromatic heterocycles. The fourth-order valence-electron chi connectivity index (χ4n) is 3.55. The summed E-state index contributed by atoms with van der Waals surface area (Å²) in [5.74, 6) is -2.66. The molecule has 1 atom stereocenters. The van der Waals surface area contributed by atoms with Crippen molar-refractivity contribution in [3.8, 4) is 0 Å². The first kappa shape index (κ1) is 20.1. The van der Waals surface area contributed by atoms with Crippen molar-refractivity contribution in [2.45, 2.75) is 31.7 Å². The van der Waals surface area contributed by atoms with Crippen LogP contribution in [-0.4, -0.2) is 36.6 Å². The van der Waals surface area contributed by atoms with Crippen molar-refractivity contribution in [2.75, 3.05) is 18.1 Å². The highest BCUT2D eigenvalue weighted by atomic mass is 79.9. The smallest absolute Gasteiger partial charge is 0.345 e. The number of nitrogens with zero attached hydrogens (tertiary/aromatic N) is 1. The van der Waals surface area contributed by atoms with Crippen molar-refractivity contribution in [1.82, 2.24) is 0 Å². The minimum atomic E-state index is -2.02. The Morgan fingerprint density at radius 1 is 1.14 bits per heavy atom. The van der Waals surface area contributed by atoms with Crippen LogP contribution in [0.2, 0.25) is 0 Å². The first-order valence-corrected chi connectivity index (χ1v) is 9.73. The molecule has 7 nitrogen and oxygen atoms in total. The second-order valence-corrected chi connectivity index (χ2v) is 7.01. The van der Waals surface area contributed by atoms with Gasteiger partial charge in [0.25, 0.3) is 5.54 Å². The Hall–Kier alpha value is -2.61. The van der Waals surface area contributed by atoms with Gasteiger partial charge in [-0.05, 0) is 54.0 Å². The highest BCUT2D eigenvalue weighted by molar-refractivity contribution is 9.10. The standard InChI is InChI=1S/C20H20BrNO6/c1-3-26-18(24)20(19(25)27-4-2)13(16-10-7-11-28-16)12-17(23)22(20)15-9-6-5-8-14(15)21/h5-11,13H,3-4,12H2,1-2H3. The molecule has 1 saturated heterocycles. The third-order valence-corrected chi connectivity index (χ3v) is 5.31. The molecule has 0 bridgehead atoms. The molecule has 0 radical (unpaired) electrons. The number of benzene rings is 1. The summed E-state index contributed by atoms with van der Waals surface area (Å²) in [6, 6.07) is 10.1. The maximum atomic E-state index is 13.3. The van der Waals surface area contributed by atoms with Gasteiger partial charge in [0.15, 0.2) is 0 Å². The van der Waals surface area contributed by atoms with Crippen LogP contribution in [0.15, 0.2) is 51.6 Å². The number of halogens is 1. The summed E-state index contributed by atoms with van der Waals surface area (Å²) in [5, 5.41) is 0. The number of rotatable bonds is 6. The number of carbonyl (C=O) groups excluding carboxylic acids is 3. The molecule has 1 unspecified atom stereocenters. The van der Waals surface area contributed by atoms with Crippen molar-refractivity contribution in [3.63, 3.8) is 0 Å². The van der Waals surface area contributed by atoms with E-state index in [4.69, 9.17) is 13.9 Å². The summed E-state index contributed by atoms with van der Waals surface area (Å²) < 4.78 is 16.6. The summed E-state index contributed by atoms with van der Waals surface area (Å²) >= 11 is 3.41. The van der Waals surface area contributed by atoms with Crippen LogP contribution in [0.5, 0.6) is 0 Å². The molecule has 1 aliphatic heterocycles. The van der Waals surface area contributed by atoms with Gasteiger partial charge in [0.2, 0.25) is 5.91 Å². The van der Waals surface area contributed by atoms with E-state index < -0.39 is 29.3 Å². The second-order valence-electron chi connectivity index (χ2n) is 6.16. The lowest BCUT2D eigenvalue weighted by molar-refractivity contribution is -0.165. The fourth-order valence-corrected chi connectivity index (χ4v) is 4.01. The Morgan fingerprint density at radius 3 is 2.32 bits per heavy atom. The minimum absolute atomic E-state index is 0.0445. The molecule has 3 rings (SSSR count). The molecule has 1 aromatic carbocycles. The molecular weight excluding hydrogens is 430 g/mol. The summed E-state index contributed by atoms with van der Waals surface area (Å²) in [7, 11) is 0. The predicted molar refractivity (Wildman–Crippen MR) is 104 cm³/mol. The van der Waals surface area contributed by atoms with E-state index in [-0.39, 0.29) is 19.6 Å². The van der Waals surface area contributed by atoms with E-state index in [1.807, 2.05) is 0 Å². The van der Waals surface area contributed by atoms with Crippen LogP contribution in [0.1, 0.15) is 31.9 Å². The maximum absolute atomic E-state index is 13.3. The average Bonchev–Trinajstić information content (AvgIpc) is 3.29. The maximum Gasteiger partial charge on any atom is 0.345 e. The van der Waals surface area contributed by atoms with Crippen LogP contribution in [-0.2, 0) is 23.9 Å². The third kappa shape index (κ3) is 3.11. The zero-order valence-corrected chi connectivity index (χ0v) is 17.1. The molecule has 0 N–H and O–H groups in total. The van der Waals surface area contributed by atoms with Gasteiger partial charge in [-0.2, -0.15) is 0 Å². The lowest BCUT2D eigenvalue weighted by Crippen LogP contribution is -2.62. The molecule has 0 aliphatic carbocycles. The van der Waals surface area contributed by atoms with E-state index in [1.165, 1.54) is 11.2 Å². The van der Waals surface area contributed by atoms with Gasteiger partial charge in [0, 0.05) is 10.9 Å². The molecule has 1 fully saturated rings. The Morgan fingerprint density at radius 2 is 1.79 bits per heavy atom. The van der Waals surface area contributed by atoms with Gasteiger partial charge in [0.1, 0.15) is 5.76 Å². The number of esters is 2. The molecule has 8 heteroatoms. The molecule has 28 heavy (non-hydrogen) atoms. The third-order valence-electron chi connectivity index (χ3n) is 4.64. The Bertz CT molecular complexity index is 861. The number of anilines is 1. The lowest BCUT2D eigenvalue weighted by atomic mass is 9.82. The normalized spacial score (nSPS) is 18.2. The van der Waals surface area contributed by atoms with Crippen molar-refractivity contribution in [2.24, 2.45) is 0 Å². The molecule has 2 heterocycles. The second kappa shape index (κ2) is 8.18. The van der Waals surface area contributed by atoms with Crippen LogP contribution in [0, 0.1) is 0 Å². The molecule has 0 spiro atoms. The highest BCUT2D eigenvalue weighted by Crippen LogP contribution is 2.48. The summed E-state index contributed by atoms with van der Waals surface area (Å²) in [6.45, 7) is 3.36. The topological polar surface area (TPSA) is 86.0 Å². The zero-order chi connectivity index (χ0) is 20.3. The van der Waals surface area contributed by atoms with Crippen molar-refractivity contribution in [3.05, 3.63) is 52.9 Å². The van der Waals surface area contributed by atoms with Gasteiger partial charge in [-0.1, -0.05) is 12.1 Å². The lowest BCUT2D eigenvalue weighted by Gasteiger charge is -2.37. The Balaban J connectivity index is 2.29. The number of hydrogen-bond donors (Lipinski definition) is 0. The van der Waals surface area contributed by atoms with Gasteiger partial charge < -0.3 is 13.9 Å². The minimum Gasteiger partial charge on any atom is -0.469 e. The van der Waals surface area contributed by atoms with Gasteiger partial charge in [-0.25, -0.2) is 9.59 Å². The van der Waals surface area contributed by atoms with Gasteiger partial charge >= 0.3 is 11.9 Å². The number of carbonyl (C=O) groups is 3. The van der Waals surface area contributed by atoms with Gasteiger partial charge in [-0.3, -0.25) is 9.69 Å². The predicted octanol–water partition coefficient (Wildman–Crippen LogP) is 3.43. The monoisotopic (exact) mass is 449 g/mol. The van der Waals surface area contributed by atoms with E-state index in [0.29, 0.717) is 15.9 Å². The van der Waals surface area contributed by atoms with Crippen LogP contribution >= 0.6 is 15.9 Å². The first-order chi connectivity index (χ1) is 13.5. The summed E-state index contributed by atoms with van der Waals surface area (Å²) in [4.78, 5) is 40.8. The van der Waals surface area contributed by atoms with E-state index in [9.17, 15) is 14.4 Å². The van der Waals surface area contributed by atoms with Gasteiger partial charge in [-0.15, -0.1) is 0 Å². The van der Waals surface area contributed by atoms with E-state index in [0.717, 1.165) is 0 Å². The molecular formula is C20H20BrNO6. The van der Waals surface area contributed by atoms with Crippen LogP contribution < -0.4 is 4.90 Å². The van der Waals surface area contributed by atoms with Crippen molar-refractivity contribution < 1.29 is 28.3 Å². The first-order valence-electron chi connectivity index (χ1n) is 8.93. The number of ether oxygens (including phenoxy) is 2. The molecule has 0 saturated carbocycles. The Labute approximate surface area is 170 Å². The summed E-state index contributed by atoms with van der Waals surface area (Å²) in [5.41, 5.74) is -1.65. The zero-order valence-electron chi connectivity index (χ0n) is 15.5. The van der Waals surface area contributed by atoms with Crippen LogP contribution in [0.25, 0.3) is 0 Å². The quantitative estimate of drug-likeness (QED) is 0.495. The van der Waals surface area contributed by atoms with Gasteiger partial charge in [0.05, 0.1) is 31.1 Å². The molecule has 148 valence electrons. The average molecular weight is 450 g/mol. The number of amides is 1. The van der Waals surface area contributed by atoms with E-state index in [1.54, 1.807) is 50.2 Å². The summed E-state index contributed by atoms with van der Waals surface area (Å²) in [6.07, 6.45) is 1.33. The fraction of sp³-hybridized carbons (Fsp3) is 0.350. The largest absolute Gasteiger partial charge is 0.469 e. The Kier molecular flexibility index (Phi) is 5.88. The number of hydrogen-bond acceptors (Lipinski definition) is 6. The number of furan rings is 1. The van der Waals surface area contributed by atoms with Crippen molar-refractivity contribution in [1.29, 1.82) is 0 Å². The van der Waals surface area contributed by atoms with Crippen molar-refractivity contribution >= 4 is 39.5 Å².